The molecular formula is C26H24N2O6. The van der Waals surface area contributed by atoms with Gasteiger partial charge in [0.05, 0.1) is 12.0 Å². The van der Waals surface area contributed by atoms with Crippen molar-refractivity contribution in [2.45, 2.75) is 32.9 Å². The number of phenolic OH excluding ortho intramolecular Hbond substituents is 2. The number of benzene rings is 3. The Balaban J connectivity index is 1.42. The number of aromatic nitrogens is 1. The first kappa shape index (κ1) is 22.8. The minimum Gasteiger partial charge on any atom is -0.504 e. The summed E-state index contributed by atoms with van der Waals surface area (Å²) in [6, 6.07) is 16.7. The Morgan fingerprint density at radius 2 is 1.74 bits per heavy atom. The van der Waals surface area contributed by atoms with Crippen molar-refractivity contribution >= 4 is 23.0 Å². The van der Waals surface area contributed by atoms with Crippen molar-refractivity contribution in [1.29, 1.82) is 0 Å². The Labute approximate surface area is 195 Å². The molecule has 4 aromatic rings. The lowest BCUT2D eigenvalue weighted by Crippen LogP contribution is -2.30. The minimum absolute atomic E-state index is 0.0000304. The number of hydrogen-bond acceptors (Lipinski definition) is 7. The molecule has 0 fully saturated rings. The number of ether oxygens (including phenoxy) is 1. The van der Waals surface area contributed by atoms with Crippen LogP contribution in [-0.2, 0) is 22.6 Å². The summed E-state index contributed by atoms with van der Waals surface area (Å²) in [6.07, 6.45) is -0.0262. The summed E-state index contributed by atoms with van der Waals surface area (Å²) in [7, 11) is 0. The molecule has 4 rings (SSSR count). The first-order valence-electron chi connectivity index (χ1n) is 10.8. The van der Waals surface area contributed by atoms with Gasteiger partial charge in [-0.1, -0.05) is 24.3 Å². The van der Waals surface area contributed by atoms with E-state index in [1.807, 2.05) is 13.8 Å². The molecule has 34 heavy (non-hydrogen) atoms. The topological polar surface area (TPSA) is 122 Å². The van der Waals surface area contributed by atoms with Crippen LogP contribution >= 0.6 is 0 Å². The third-order valence-corrected chi connectivity index (χ3v) is 5.07. The van der Waals surface area contributed by atoms with E-state index in [2.05, 4.69) is 10.3 Å². The molecule has 1 aromatic heterocycles. The number of para-hydroxylation sites is 1. The summed E-state index contributed by atoms with van der Waals surface area (Å²) in [5.41, 5.74) is 3.47. The minimum atomic E-state index is -0.458. The van der Waals surface area contributed by atoms with E-state index in [0.29, 0.717) is 28.1 Å². The fraction of sp³-hybridized carbons (Fsp3) is 0.192. The normalized spacial score (nSPS) is 11.0. The maximum atomic E-state index is 12.5. The second-order valence-corrected chi connectivity index (χ2v) is 8.16. The highest BCUT2D eigenvalue weighted by Crippen LogP contribution is 2.27. The summed E-state index contributed by atoms with van der Waals surface area (Å²) in [5, 5.41) is 21.7. The quantitative estimate of drug-likeness (QED) is 0.277. The van der Waals surface area contributed by atoms with Crippen LogP contribution in [0.5, 0.6) is 11.5 Å². The smallest absolute Gasteiger partial charge is 0.310 e. The number of phenols is 2. The average Bonchev–Trinajstić information content (AvgIpc) is 3.24. The number of carbonyl (C=O) groups is 2. The summed E-state index contributed by atoms with van der Waals surface area (Å²) < 4.78 is 11.2. The van der Waals surface area contributed by atoms with Gasteiger partial charge in [-0.25, -0.2) is 4.98 Å². The third-order valence-electron chi connectivity index (χ3n) is 5.07. The number of nitrogens with zero attached hydrogens (tertiary/aromatic N) is 1. The van der Waals surface area contributed by atoms with E-state index in [-0.39, 0.29) is 36.5 Å². The zero-order valence-corrected chi connectivity index (χ0v) is 18.7. The standard InChI is InChI=1S/C26H24N2O6/c1-15(2)27-25(32)19-4-3-5-20-24(19)34-26(28-20)18-9-6-16(7-10-18)14-33-23(31)13-17-8-11-21(29)22(30)12-17/h3-12,15,29-30H,13-14H2,1-2H3,(H,27,32). The number of esters is 1. The predicted octanol–water partition coefficient (Wildman–Crippen LogP) is 4.33. The Bertz CT molecular complexity index is 1340. The molecule has 0 spiro atoms. The van der Waals surface area contributed by atoms with Gasteiger partial charge in [-0.2, -0.15) is 0 Å². The number of nitrogens with one attached hydrogen (secondary N) is 1. The maximum absolute atomic E-state index is 12.5. The van der Waals surface area contributed by atoms with E-state index in [1.54, 1.807) is 48.5 Å². The summed E-state index contributed by atoms with van der Waals surface area (Å²) in [5.74, 6) is -0.822. The van der Waals surface area contributed by atoms with Crippen molar-refractivity contribution in [1.82, 2.24) is 10.3 Å². The number of fused-ring (bicyclic) bond motifs is 1. The van der Waals surface area contributed by atoms with Crippen LogP contribution in [0.4, 0.5) is 0 Å². The lowest BCUT2D eigenvalue weighted by atomic mass is 10.1. The van der Waals surface area contributed by atoms with Crippen LogP contribution in [0.25, 0.3) is 22.6 Å². The molecule has 1 amide bonds. The van der Waals surface area contributed by atoms with Gasteiger partial charge in [-0.05, 0) is 61.4 Å². The maximum Gasteiger partial charge on any atom is 0.310 e. The van der Waals surface area contributed by atoms with E-state index in [4.69, 9.17) is 9.15 Å². The molecule has 0 saturated heterocycles. The molecule has 0 atom stereocenters. The highest BCUT2D eigenvalue weighted by Gasteiger charge is 2.17. The van der Waals surface area contributed by atoms with Gasteiger partial charge < -0.3 is 24.7 Å². The highest BCUT2D eigenvalue weighted by atomic mass is 16.5. The monoisotopic (exact) mass is 460 g/mol. The van der Waals surface area contributed by atoms with Crippen LogP contribution < -0.4 is 5.32 Å². The molecule has 0 aliphatic carbocycles. The Kier molecular flexibility index (Phi) is 6.49. The van der Waals surface area contributed by atoms with Gasteiger partial charge in [0.2, 0.25) is 5.89 Å². The highest BCUT2D eigenvalue weighted by molar-refractivity contribution is 6.04. The molecule has 0 unspecified atom stereocenters. The fourth-order valence-electron chi connectivity index (χ4n) is 3.40. The number of hydrogen-bond donors (Lipinski definition) is 3. The molecule has 0 saturated carbocycles. The summed E-state index contributed by atoms with van der Waals surface area (Å²) in [4.78, 5) is 29.1. The van der Waals surface area contributed by atoms with E-state index < -0.39 is 5.97 Å². The van der Waals surface area contributed by atoms with Crippen LogP contribution in [0.3, 0.4) is 0 Å². The Hall–Kier alpha value is -4.33. The molecule has 0 aliphatic heterocycles. The van der Waals surface area contributed by atoms with Crippen molar-refractivity contribution in [3.8, 4) is 23.0 Å². The molecule has 0 radical (unpaired) electrons. The van der Waals surface area contributed by atoms with Crippen molar-refractivity contribution in [3.05, 3.63) is 77.4 Å². The third kappa shape index (κ3) is 5.17. The molecule has 3 aromatic carbocycles. The van der Waals surface area contributed by atoms with Crippen molar-refractivity contribution in [3.63, 3.8) is 0 Å². The number of rotatable bonds is 7. The van der Waals surface area contributed by atoms with Crippen LogP contribution in [0.1, 0.15) is 35.3 Å². The molecular weight excluding hydrogens is 436 g/mol. The van der Waals surface area contributed by atoms with Crippen LogP contribution in [-0.4, -0.2) is 33.1 Å². The first-order chi connectivity index (χ1) is 16.3. The van der Waals surface area contributed by atoms with Crippen LogP contribution in [0.2, 0.25) is 0 Å². The zero-order chi connectivity index (χ0) is 24.2. The fourth-order valence-corrected chi connectivity index (χ4v) is 3.40. The number of amides is 1. The lowest BCUT2D eigenvalue weighted by molar-refractivity contribution is -0.144. The van der Waals surface area contributed by atoms with Gasteiger partial charge in [0.25, 0.3) is 5.91 Å². The van der Waals surface area contributed by atoms with Crippen molar-refractivity contribution in [2.75, 3.05) is 0 Å². The molecule has 0 aliphatic rings. The van der Waals surface area contributed by atoms with E-state index in [0.717, 1.165) is 11.1 Å². The second-order valence-electron chi connectivity index (χ2n) is 8.16. The van der Waals surface area contributed by atoms with Crippen LogP contribution in [0, 0.1) is 0 Å². The van der Waals surface area contributed by atoms with E-state index >= 15 is 0 Å². The molecule has 0 bridgehead atoms. The lowest BCUT2D eigenvalue weighted by Gasteiger charge is -2.08. The number of carbonyl (C=O) groups excluding carboxylic acids is 2. The predicted molar refractivity (Wildman–Crippen MR) is 125 cm³/mol. The van der Waals surface area contributed by atoms with E-state index in [9.17, 15) is 19.8 Å². The largest absolute Gasteiger partial charge is 0.504 e. The van der Waals surface area contributed by atoms with Gasteiger partial charge in [0, 0.05) is 11.6 Å². The molecule has 8 nitrogen and oxygen atoms in total. The van der Waals surface area contributed by atoms with Gasteiger partial charge >= 0.3 is 5.97 Å². The van der Waals surface area contributed by atoms with Gasteiger partial charge in [0.15, 0.2) is 17.1 Å². The molecule has 3 N–H and O–H groups in total. The van der Waals surface area contributed by atoms with Crippen molar-refractivity contribution in [2.24, 2.45) is 0 Å². The van der Waals surface area contributed by atoms with Gasteiger partial charge in [-0.15, -0.1) is 0 Å². The van der Waals surface area contributed by atoms with Gasteiger partial charge in [-0.3, -0.25) is 9.59 Å². The Morgan fingerprint density at radius 1 is 1.00 bits per heavy atom. The summed E-state index contributed by atoms with van der Waals surface area (Å²) >= 11 is 0. The van der Waals surface area contributed by atoms with Gasteiger partial charge in [0.1, 0.15) is 12.1 Å². The first-order valence-corrected chi connectivity index (χ1v) is 10.8. The second kappa shape index (κ2) is 9.66. The van der Waals surface area contributed by atoms with Crippen LogP contribution in [0.15, 0.2) is 65.1 Å². The average molecular weight is 460 g/mol. The Morgan fingerprint density at radius 3 is 2.44 bits per heavy atom. The zero-order valence-electron chi connectivity index (χ0n) is 18.7. The molecule has 8 heteroatoms. The van der Waals surface area contributed by atoms with Crippen molar-refractivity contribution < 1.29 is 29.0 Å². The van der Waals surface area contributed by atoms with E-state index in [1.165, 1.54) is 12.1 Å². The number of aromatic hydroxyl groups is 2. The molecule has 174 valence electrons. The SMILES string of the molecule is CC(C)NC(=O)c1cccc2nc(-c3ccc(COC(=O)Cc4ccc(O)c(O)c4)cc3)oc12. The number of oxazole rings is 1. The molecule has 1 heterocycles. The summed E-state index contributed by atoms with van der Waals surface area (Å²) in [6.45, 7) is 3.86.